The van der Waals surface area contributed by atoms with Crippen molar-refractivity contribution in [1.29, 1.82) is 0 Å². The lowest BCUT2D eigenvalue weighted by molar-refractivity contribution is -0.135. The summed E-state index contributed by atoms with van der Waals surface area (Å²) >= 11 is 5.93. The minimum Gasteiger partial charge on any atom is -0.381 e. The van der Waals surface area contributed by atoms with Crippen molar-refractivity contribution in [3.63, 3.8) is 0 Å². The molecular formula is C20H29ClN4O2. The lowest BCUT2D eigenvalue weighted by Crippen LogP contribution is -2.55. The first-order valence-corrected chi connectivity index (χ1v) is 10.1. The number of amides is 1. The van der Waals surface area contributed by atoms with Gasteiger partial charge < -0.3 is 19.9 Å². The number of piperazine rings is 1. The van der Waals surface area contributed by atoms with Gasteiger partial charge in [-0.05, 0) is 42.9 Å². The first-order chi connectivity index (χ1) is 13.2. The predicted molar refractivity (Wildman–Crippen MR) is 108 cm³/mol. The van der Waals surface area contributed by atoms with E-state index in [2.05, 4.69) is 10.3 Å². The molecule has 0 spiro atoms. The van der Waals surface area contributed by atoms with Crippen LogP contribution in [0.25, 0.3) is 0 Å². The van der Waals surface area contributed by atoms with Crippen LogP contribution in [0.1, 0.15) is 24.8 Å². The van der Waals surface area contributed by atoms with Crippen molar-refractivity contribution in [3.8, 4) is 0 Å². The van der Waals surface area contributed by atoms with Gasteiger partial charge in [-0.15, -0.1) is 0 Å². The third-order valence-electron chi connectivity index (χ3n) is 5.29. The summed E-state index contributed by atoms with van der Waals surface area (Å²) in [6, 6.07) is 7.67. The Hall–Kier alpha value is -1.79. The molecule has 2 fully saturated rings. The highest BCUT2D eigenvalue weighted by Crippen LogP contribution is 2.18. The molecule has 148 valence electrons. The fourth-order valence-corrected chi connectivity index (χ4v) is 3.75. The second-order valence-corrected chi connectivity index (χ2v) is 7.62. The highest BCUT2D eigenvalue weighted by Gasteiger charge is 2.26. The molecule has 0 bridgehead atoms. The zero-order valence-electron chi connectivity index (χ0n) is 16.0. The van der Waals surface area contributed by atoms with Crippen LogP contribution in [0.2, 0.25) is 5.02 Å². The summed E-state index contributed by atoms with van der Waals surface area (Å²) in [4.78, 5) is 20.9. The molecular weight excluding hydrogens is 364 g/mol. The number of carbonyl (C=O) groups excluding carboxylic acids is 1. The van der Waals surface area contributed by atoms with Crippen molar-refractivity contribution in [1.82, 2.24) is 15.1 Å². The van der Waals surface area contributed by atoms with Gasteiger partial charge in [0.15, 0.2) is 5.96 Å². The topological polar surface area (TPSA) is 57.2 Å². The standard InChI is InChI=1S/C20H29ClN4O2/c1-22-20(23-9-6-16-7-12-27-13-8-16)25-11-10-24(19(26)15-25)14-17-2-4-18(21)5-3-17/h2-5,16H,6-15H2,1H3,(H,22,23). The van der Waals surface area contributed by atoms with Crippen LogP contribution in [-0.4, -0.2) is 68.1 Å². The molecule has 1 amide bonds. The van der Waals surface area contributed by atoms with E-state index in [1.165, 1.54) is 0 Å². The highest BCUT2D eigenvalue weighted by molar-refractivity contribution is 6.30. The van der Waals surface area contributed by atoms with Crippen molar-refractivity contribution < 1.29 is 9.53 Å². The molecule has 1 aromatic rings. The van der Waals surface area contributed by atoms with E-state index in [4.69, 9.17) is 16.3 Å². The van der Waals surface area contributed by atoms with E-state index in [9.17, 15) is 4.79 Å². The van der Waals surface area contributed by atoms with Gasteiger partial charge in [-0.2, -0.15) is 0 Å². The second-order valence-electron chi connectivity index (χ2n) is 7.18. The average molecular weight is 393 g/mol. The number of carbonyl (C=O) groups is 1. The Morgan fingerprint density at radius 1 is 1.26 bits per heavy atom. The number of rotatable bonds is 5. The van der Waals surface area contributed by atoms with Crippen molar-refractivity contribution in [3.05, 3.63) is 34.9 Å². The van der Waals surface area contributed by atoms with E-state index in [0.717, 1.165) is 63.0 Å². The molecule has 1 N–H and O–H groups in total. The lowest BCUT2D eigenvalue weighted by atomic mass is 9.97. The second kappa shape index (κ2) is 9.95. The van der Waals surface area contributed by atoms with Crippen LogP contribution in [0.5, 0.6) is 0 Å². The van der Waals surface area contributed by atoms with Gasteiger partial charge in [0.25, 0.3) is 0 Å². The van der Waals surface area contributed by atoms with Crippen LogP contribution in [0.3, 0.4) is 0 Å². The highest BCUT2D eigenvalue weighted by atomic mass is 35.5. The monoisotopic (exact) mass is 392 g/mol. The quantitative estimate of drug-likeness (QED) is 0.617. The van der Waals surface area contributed by atoms with Crippen molar-refractivity contribution >= 4 is 23.5 Å². The summed E-state index contributed by atoms with van der Waals surface area (Å²) in [6.45, 7) is 5.12. The number of nitrogens with zero attached hydrogens (tertiary/aromatic N) is 3. The van der Waals surface area contributed by atoms with E-state index in [1.54, 1.807) is 7.05 Å². The number of nitrogens with one attached hydrogen (secondary N) is 1. The van der Waals surface area contributed by atoms with Crippen molar-refractivity contribution in [2.45, 2.75) is 25.8 Å². The smallest absolute Gasteiger partial charge is 0.242 e. The number of guanidine groups is 1. The van der Waals surface area contributed by atoms with Crippen LogP contribution in [0, 0.1) is 5.92 Å². The first-order valence-electron chi connectivity index (χ1n) is 9.71. The molecule has 7 heteroatoms. The summed E-state index contributed by atoms with van der Waals surface area (Å²) in [5.74, 6) is 1.67. The van der Waals surface area contributed by atoms with Gasteiger partial charge in [0.05, 0.1) is 6.54 Å². The minimum absolute atomic E-state index is 0.128. The fraction of sp³-hybridized carbons (Fsp3) is 0.600. The van der Waals surface area contributed by atoms with Crippen LogP contribution in [0.4, 0.5) is 0 Å². The van der Waals surface area contributed by atoms with E-state index >= 15 is 0 Å². The van der Waals surface area contributed by atoms with Crippen LogP contribution in [-0.2, 0) is 16.1 Å². The van der Waals surface area contributed by atoms with Gasteiger partial charge >= 0.3 is 0 Å². The Labute approximate surface area is 166 Å². The van der Waals surface area contributed by atoms with Gasteiger partial charge in [0.2, 0.25) is 5.91 Å². The molecule has 0 unspecified atom stereocenters. The molecule has 27 heavy (non-hydrogen) atoms. The zero-order chi connectivity index (χ0) is 19.1. The van der Waals surface area contributed by atoms with E-state index in [0.29, 0.717) is 24.7 Å². The normalized spacial score (nSPS) is 19.5. The molecule has 3 rings (SSSR count). The number of halogens is 1. The third-order valence-corrected chi connectivity index (χ3v) is 5.55. The Kier molecular flexibility index (Phi) is 7.35. The summed E-state index contributed by atoms with van der Waals surface area (Å²) < 4.78 is 5.41. The molecule has 2 heterocycles. The van der Waals surface area contributed by atoms with Crippen LogP contribution < -0.4 is 5.32 Å². The number of aliphatic imine (C=N–C) groups is 1. The first kappa shape index (κ1) is 20.0. The van der Waals surface area contributed by atoms with E-state index in [1.807, 2.05) is 34.1 Å². The maximum absolute atomic E-state index is 12.6. The predicted octanol–water partition coefficient (Wildman–Crippen LogP) is 2.38. The van der Waals surface area contributed by atoms with Crippen LogP contribution in [0.15, 0.2) is 29.3 Å². The van der Waals surface area contributed by atoms with Gasteiger partial charge in [-0.1, -0.05) is 23.7 Å². The van der Waals surface area contributed by atoms with E-state index in [-0.39, 0.29) is 5.91 Å². The SMILES string of the molecule is CN=C(NCCC1CCOCC1)N1CCN(Cc2ccc(Cl)cc2)C(=O)C1. The molecule has 6 nitrogen and oxygen atoms in total. The van der Waals surface area contributed by atoms with Gasteiger partial charge in [0.1, 0.15) is 0 Å². The molecule has 1 aromatic carbocycles. The van der Waals surface area contributed by atoms with Gasteiger partial charge in [0, 0.05) is 51.5 Å². The molecule has 0 radical (unpaired) electrons. The van der Waals surface area contributed by atoms with Gasteiger partial charge in [-0.25, -0.2) is 0 Å². The molecule has 2 aliphatic heterocycles. The zero-order valence-corrected chi connectivity index (χ0v) is 16.7. The molecule has 0 aliphatic carbocycles. The Bertz CT molecular complexity index is 644. The Morgan fingerprint density at radius 2 is 2.00 bits per heavy atom. The molecule has 0 aromatic heterocycles. The molecule has 2 aliphatic rings. The number of benzene rings is 1. The number of hydrogen-bond donors (Lipinski definition) is 1. The number of hydrogen-bond acceptors (Lipinski definition) is 3. The maximum Gasteiger partial charge on any atom is 0.242 e. The summed E-state index contributed by atoms with van der Waals surface area (Å²) in [5, 5.41) is 4.14. The number of ether oxygens (including phenoxy) is 1. The Morgan fingerprint density at radius 3 is 2.67 bits per heavy atom. The molecule has 2 saturated heterocycles. The largest absolute Gasteiger partial charge is 0.381 e. The van der Waals surface area contributed by atoms with Gasteiger partial charge in [-0.3, -0.25) is 9.79 Å². The third kappa shape index (κ3) is 5.84. The molecule has 0 atom stereocenters. The summed E-state index contributed by atoms with van der Waals surface area (Å²) in [7, 11) is 1.78. The maximum atomic E-state index is 12.6. The minimum atomic E-state index is 0.128. The Balaban J connectivity index is 1.45. The van der Waals surface area contributed by atoms with Crippen molar-refractivity contribution in [2.75, 3.05) is 46.4 Å². The summed E-state index contributed by atoms with van der Waals surface area (Å²) in [5.41, 5.74) is 1.10. The molecule has 0 saturated carbocycles. The lowest BCUT2D eigenvalue weighted by Gasteiger charge is -2.36. The van der Waals surface area contributed by atoms with Crippen LogP contribution >= 0.6 is 11.6 Å². The fourth-order valence-electron chi connectivity index (χ4n) is 3.62. The van der Waals surface area contributed by atoms with Crippen molar-refractivity contribution in [2.24, 2.45) is 10.9 Å². The summed E-state index contributed by atoms with van der Waals surface area (Å²) in [6.07, 6.45) is 3.40. The van der Waals surface area contributed by atoms with E-state index < -0.39 is 0 Å². The average Bonchev–Trinajstić information content (AvgIpc) is 2.69.